The van der Waals surface area contributed by atoms with Gasteiger partial charge in [0.2, 0.25) is 5.91 Å². The molecule has 2 aromatic rings. The Bertz CT molecular complexity index is 721. The minimum absolute atomic E-state index is 0.0612. The lowest BCUT2D eigenvalue weighted by Crippen LogP contribution is -2.33. The number of esters is 1. The number of anilines is 1. The Morgan fingerprint density at radius 2 is 1.46 bits per heavy atom. The van der Waals surface area contributed by atoms with Crippen molar-refractivity contribution in [3.05, 3.63) is 65.2 Å². The molecule has 0 unspecified atom stereocenters. The maximum Gasteiger partial charge on any atom is 0.338 e. The number of carbonyl (C=O) groups is 2. The van der Waals surface area contributed by atoms with Gasteiger partial charge in [-0.1, -0.05) is 50.2 Å². The quantitative estimate of drug-likeness (QED) is 0.717. The Balaban J connectivity index is 0.000000307. The second-order valence-electron chi connectivity index (χ2n) is 6.36. The van der Waals surface area contributed by atoms with E-state index < -0.39 is 0 Å². The summed E-state index contributed by atoms with van der Waals surface area (Å²) in [6.07, 6.45) is 0. The molecule has 1 amide bonds. The number of hydrogen-bond acceptors (Lipinski definition) is 4. The average Bonchev–Trinajstić information content (AvgIpc) is 2.70. The highest BCUT2D eigenvalue weighted by atomic mass is 16.5. The number of nitrogens with zero attached hydrogens (tertiary/aromatic N) is 1. The van der Waals surface area contributed by atoms with Crippen molar-refractivity contribution >= 4 is 17.6 Å². The Hall–Kier alpha value is -2.66. The smallest absolute Gasteiger partial charge is 0.338 e. The molecule has 0 radical (unpaired) electrons. The van der Waals surface area contributed by atoms with Crippen molar-refractivity contribution in [2.24, 2.45) is 0 Å². The van der Waals surface area contributed by atoms with E-state index in [1.807, 2.05) is 50.2 Å². The third kappa shape index (κ3) is 7.92. The van der Waals surface area contributed by atoms with E-state index in [0.29, 0.717) is 18.7 Å². The number of likely N-dealkylation sites (N-methyl/N-ethyl adjacent to an activating group) is 1. The summed E-state index contributed by atoms with van der Waals surface area (Å²) in [6, 6.07) is 15.0. The molecule has 0 aliphatic carbocycles. The fourth-order valence-electron chi connectivity index (χ4n) is 2.63. The molecule has 0 saturated carbocycles. The molecule has 5 heteroatoms. The zero-order valence-electron chi connectivity index (χ0n) is 17.6. The summed E-state index contributed by atoms with van der Waals surface area (Å²) < 4.78 is 4.79. The number of rotatable bonds is 7. The Morgan fingerprint density at radius 1 is 0.893 bits per heavy atom. The lowest BCUT2D eigenvalue weighted by atomic mass is 10.1. The summed E-state index contributed by atoms with van der Waals surface area (Å²) in [5.41, 5.74) is 3.77. The van der Waals surface area contributed by atoms with E-state index in [4.69, 9.17) is 4.74 Å². The Kier molecular flexibility index (Phi) is 10.6. The molecule has 5 nitrogen and oxygen atoms in total. The van der Waals surface area contributed by atoms with Gasteiger partial charge in [-0.15, -0.1) is 0 Å². The van der Waals surface area contributed by atoms with Crippen LogP contribution in [0.15, 0.2) is 48.5 Å². The van der Waals surface area contributed by atoms with Crippen LogP contribution in [0.2, 0.25) is 0 Å². The number of amides is 1. The van der Waals surface area contributed by atoms with Crippen molar-refractivity contribution in [1.29, 1.82) is 0 Å². The zero-order valence-corrected chi connectivity index (χ0v) is 17.6. The maximum absolute atomic E-state index is 11.9. The molecule has 0 fully saturated rings. The molecule has 2 rings (SSSR count). The summed E-state index contributed by atoms with van der Waals surface area (Å²) >= 11 is 0. The van der Waals surface area contributed by atoms with Gasteiger partial charge in [-0.25, -0.2) is 4.79 Å². The van der Waals surface area contributed by atoms with Gasteiger partial charge >= 0.3 is 5.97 Å². The molecule has 152 valence electrons. The number of hydrogen-bond donors (Lipinski definition) is 1. The fourth-order valence-corrected chi connectivity index (χ4v) is 2.63. The number of benzene rings is 2. The van der Waals surface area contributed by atoms with Crippen molar-refractivity contribution in [1.82, 2.24) is 4.90 Å². The highest BCUT2D eigenvalue weighted by Crippen LogP contribution is 2.19. The van der Waals surface area contributed by atoms with E-state index in [1.54, 1.807) is 19.1 Å². The van der Waals surface area contributed by atoms with Crippen LogP contribution in [0.4, 0.5) is 5.69 Å². The van der Waals surface area contributed by atoms with Crippen LogP contribution >= 0.6 is 0 Å². The molecule has 0 bridgehead atoms. The van der Waals surface area contributed by atoms with E-state index in [2.05, 4.69) is 24.1 Å². The normalized spacial score (nSPS) is 10.1. The van der Waals surface area contributed by atoms with Gasteiger partial charge in [0.15, 0.2) is 0 Å². The molecule has 0 saturated heterocycles. The standard InChI is InChI=1S/C14H22N2O.C9H10O2/c1-5-16(6-2)10-13(17)15-14-11(3)8-7-9-12(14)4;1-2-11-9(10)8-6-4-3-5-7-8/h7-9H,5-6,10H2,1-4H3,(H,15,17);3-7H,2H2,1H3. The van der Waals surface area contributed by atoms with E-state index >= 15 is 0 Å². The first-order valence-corrected chi connectivity index (χ1v) is 9.73. The highest BCUT2D eigenvalue weighted by molar-refractivity contribution is 5.93. The van der Waals surface area contributed by atoms with Crippen molar-refractivity contribution in [2.45, 2.75) is 34.6 Å². The summed E-state index contributed by atoms with van der Waals surface area (Å²) in [5, 5.41) is 3.00. The number of para-hydroxylation sites is 1. The molecule has 0 spiro atoms. The third-order valence-corrected chi connectivity index (χ3v) is 4.29. The van der Waals surface area contributed by atoms with Crippen molar-refractivity contribution in [2.75, 3.05) is 31.6 Å². The number of ether oxygens (including phenoxy) is 1. The van der Waals surface area contributed by atoms with Gasteiger partial charge in [-0.2, -0.15) is 0 Å². The highest BCUT2D eigenvalue weighted by Gasteiger charge is 2.10. The number of carbonyl (C=O) groups excluding carboxylic acids is 2. The van der Waals surface area contributed by atoms with Gasteiger partial charge in [-0.05, 0) is 57.1 Å². The fraction of sp³-hybridized carbons (Fsp3) is 0.391. The minimum Gasteiger partial charge on any atom is -0.462 e. The summed E-state index contributed by atoms with van der Waals surface area (Å²) in [5.74, 6) is -0.195. The molecular formula is C23H32N2O3. The first-order valence-electron chi connectivity index (χ1n) is 9.73. The van der Waals surface area contributed by atoms with Crippen LogP contribution in [0.1, 0.15) is 42.3 Å². The summed E-state index contributed by atoms with van der Waals surface area (Å²) in [7, 11) is 0. The van der Waals surface area contributed by atoms with E-state index in [0.717, 1.165) is 29.9 Å². The molecule has 0 aliphatic heterocycles. The number of aryl methyl sites for hydroxylation is 2. The summed E-state index contributed by atoms with van der Waals surface area (Å²) in [4.78, 5) is 25.0. The van der Waals surface area contributed by atoms with Crippen LogP contribution in [0, 0.1) is 13.8 Å². The van der Waals surface area contributed by atoms with Crippen LogP contribution in [0.5, 0.6) is 0 Å². The molecule has 2 aromatic carbocycles. The predicted octanol–water partition coefficient (Wildman–Crippen LogP) is 4.45. The van der Waals surface area contributed by atoms with Gasteiger partial charge < -0.3 is 10.1 Å². The Labute approximate surface area is 168 Å². The molecule has 0 aliphatic rings. The topological polar surface area (TPSA) is 58.6 Å². The van der Waals surface area contributed by atoms with Gasteiger partial charge in [0, 0.05) is 5.69 Å². The maximum atomic E-state index is 11.9. The van der Waals surface area contributed by atoms with Crippen LogP contribution in [-0.2, 0) is 9.53 Å². The molecule has 1 N–H and O–H groups in total. The first kappa shape index (κ1) is 23.4. The summed E-state index contributed by atoms with van der Waals surface area (Å²) in [6.45, 7) is 12.6. The molecule has 28 heavy (non-hydrogen) atoms. The van der Waals surface area contributed by atoms with Crippen LogP contribution < -0.4 is 5.32 Å². The van der Waals surface area contributed by atoms with Crippen LogP contribution in [-0.4, -0.2) is 43.0 Å². The SMILES string of the molecule is CCN(CC)CC(=O)Nc1c(C)cccc1C.CCOC(=O)c1ccccc1. The predicted molar refractivity (Wildman–Crippen MR) is 115 cm³/mol. The van der Waals surface area contributed by atoms with Crippen LogP contribution in [0.25, 0.3) is 0 Å². The van der Waals surface area contributed by atoms with E-state index in [9.17, 15) is 9.59 Å². The molecule has 0 heterocycles. The van der Waals surface area contributed by atoms with Gasteiger partial charge in [0.1, 0.15) is 0 Å². The second-order valence-corrected chi connectivity index (χ2v) is 6.36. The lowest BCUT2D eigenvalue weighted by molar-refractivity contribution is -0.117. The first-order chi connectivity index (χ1) is 13.4. The number of nitrogens with one attached hydrogen (secondary N) is 1. The van der Waals surface area contributed by atoms with Crippen molar-refractivity contribution in [3.8, 4) is 0 Å². The third-order valence-electron chi connectivity index (χ3n) is 4.29. The molecule has 0 atom stereocenters. The van der Waals surface area contributed by atoms with Gasteiger partial charge in [0.05, 0.1) is 18.7 Å². The van der Waals surface area contributed by atoms with Crippen molar-refractivity contribution < 1.29 is 14.3 Å². The van der Waals surface area contributed by atoms with Gasteiger partial charge in [0.25, 0.3) is 0 Å². The zero-order chi connectivity index (χ0) is 20.9. The average molecular weight is 385 g/mol. The Morgan fingerprint density at radius 3 is 1.96 bits per heavy atom. The second kappa shape index (κ2) is 12.7. The van der Waals surface area contributed by atoms with Gasteiger partial charge in [-0.3, -0.25) is 9.69 Å². The molecular weight excluding hydrogens is 352 g/mol. The lowest BCUT2D eigenvalue weighted by Gasteiger charge is -2.18. The van der Waals surface area contributed by atoms with Crippen molar-refractivity contribution in [3.63, 3.8) is 0 Å². The molecule has 0 aromatic heterocycles. The van der Waals surface area contributed by atoms with E-state index in [-0.39, 0.29) is 11.9 Å². The minimum atomic E-state index is -0.256. The van der Waals surface area contributed by atoms with E-state index in [1.165, 1.54) is 0 Å². The monoisotopic (exact) mass is 384 g/mol. The largest absolute Gasteiger partial charge is 0.462 e. The van der Waals surface area contributed by atoms with Crippen LogP contribution in [0.3, 0.4) is 0 Å².